The molecule has 4 heteroatoms. The topological polar surface area (TPSA) is 80.8 Å². The minimum absolute atomic E-state index is 0.563. The van der Waals surface area contributed by atoms with Gasteiger partial charge in [-0.2, -0.15) is 5.26 Å². The zero-order chi connectivity index (χ0) is 28.2. The average Bonchev–Trinajstić information content (AvgIpc) is 3.37. The van der Waals surface area contributed by atoms with Crippen LogP contribution >= 0.6 is 0 Å². The first-order chi connectivity index (χ1) is 20.2. The van der Waals surface area contributed by atoms with E-state index in [1.165, 1.54) is 38.6 Å². The van der Waals surface area contributed by atoms with Gasteiger partial charge in [0.1, 0.15) is 0 Å². The molecule has 1 heterocycles. The standard InChI is InChI=1S/C37H30N4/c38-22-21-26(24-39)11-3-1-4-13-28(25-40)33-23-35-37(32-18-10-9-17-31(32)33)36-30-16-8-7-12-27(30)19-20-34(36)41(35)29-14-5-2-6-15-29/h2,4-23,25H,1,3,38,40H2/b13-4-,22-21-,26-11+,28-25+. The van der Waals surface area contributed by atoms with Crippen molar-refractivity contribution in [1.29, 1.82) is 5.26 Å². The highest BCUT2D eigenvalue weighted by molar-refractivity contribution is 6.29. The third-order valence-corrected chi connectivity index (χ3v) is 7.57. The molecule has 198 valence electrons. The highest BCUT2D eigenvalue weighted by Crippen LogP contribution is 2.42. The first-order valence-corrected chi connectivity index (χ1v) is 13.8. The number of hydrogen-bond acceptors (Lipinski definition) is 3. The highest BCUT2D eigenvalue weighted by atomic mass is 15.0. The number of fused-ring (bicyclic) bond motifs is 7. The van der Waals surface area contributed by atoms with Crippen LogP contribution in [0.5, 0.6) is 0 Å². The van der Waals surface area contributed by atoms with Crippen molar-refractivity contribution in [3.05, 3.63) is 145 Å². The van der Waals surface area contributed by atoms with E-state index in [2.05, 4.69) is 120 Å². The van der Waals surface area contributed by atoms with Gasteiger partial charge in [0.25, 0.3) is 0 Å². The van der Waals surface area contributed by atoms with Gasteiger partial charge in [-0.05, 0) is 82.1 Å². The van der Waals surface area contributed by atoms with Gasteiger partial charge in [0.05, 0.1) is 17.1 Å². The van der Waals surface area contributed by atoms with Gasteiger partial charge in [0.15, 0.2) is 0 Å². The number of nitriles is 1. The molecule has 0 saturated heterocycles. The largest absolute Gasteiger partial charge is 0.405 e. The summed E-state index contributed by atoms with van der Waals surface area (Å²) in [7, 11) is 0. The molecule has 0 aliphatic heterocycles. The van der Waals surface area contributed by atoms with Crippen LogP contribution in [0.3, 0.4) is 0 Å². The summed E-state index contributed by atoms with van der Waals surface area (Å²) in [6.07, 6.45) is 12.3. The lowest BCUT2D eigenvalue weighted by molar-refractivity contribution is 1.05. The van der Waals surface area contributed by atoms with Gasteiger partial charge in [-0.1, -0.05) is 91.0 Å². The summed E-state index contributed by atoms with van der Waals surface area (Å²) in [6.45, 7) is 0. The summed E-state index contributed by atoms with van der Waals surface area (Å²) in [5.41, 5.74) is 17.7. The van der Waals surface area contributed by atoms with Crippen LogP contribution in [-0.4, -0.2) is 4.57 Å². The van der Waals surface area contributed by atoms with Crippen molar-refractivity contribution in [3.8, 4) is 11.8 Å². The first kappa shape index (κ1) is 25.7. The van der Waals surface area contributed by atoms with Crippen molar-refractivity contribution in [2.24, 2.45) is 11.5 Å². The lowest BCUT2D eigenvalue weighted by Crippen LogP contribution is -1.95. The number of allylic oxidation sites excluding steroid dienone is 6. The van der Waals surface area contributed by atoms with E-state index >= 15 is 0 Å². The molecule has 0 spiro atoms. The van der Waals surface area contributed by atoms with Crippen molar-refractivity contribution >= 4 is 48.9 Å². The van der Waals surface area contributed by atoms with Crippen LogP contribution in [0, 0.1) is 11.3 Å². The molecule has 41 heavy (non-hydrogen) atoms. The van der Waals surface area contributed by atoms with E-state index in [1.807, 2.05) is 6.08 Å². The van der Waals surface area contributed by atoms with Crippen molar-refractivity contribution in [2.75, 3.05) is 0 Å². The Morgan fingerprint density at radius 3 is 2.20 bits per heavy atom. The minimum Gasteiger partial charge on any atom is -0.405 e. The number of para-hydroxylation sites is 1. The summed E-state index contributed by atoms with van der Waals surface area (Å²) in [5, 5.41) is 16.5. The van der Waals surface area contributed by atoms with Crippen LogP contribution in [-0.2, 0) is 0 Å². The molecule has 1 aromatic heterocycles. The quantitative estimate of drug-likeness (QED) is 0.123. The van der Waals surface area contributed by atoms with Crippen molar-refractivity contribution < 1.29 is 0 Å². The maximum Gasteiger partial charge on any atom is 0.0988 e. The second-order valence-electron chi connectivity index (χ2n) is 9.95. The van der Waals surface area contributed by atoms with Gasteiger partial charge in [-0.25, -0.2) is 0 Å². The van der Waals surface area contributed by atoms with Crippen molar-refractivity contribution in [2.45, 2.75) is 12.8 Å². The maximum atomic E-state index is 9.22. The third-order valence-electron chi connectivity index (χ3n) is 7.57. The number of unbranched alkanes of at least 4 members (excludes halogenated alkanes) is 1. The predicted octanol–water partition coefficient (Wildman–Crippen LogP) is 8.65. The number of hydrogen-bond donors (Lipinski definition) is 2. The molecule has 0 bridgehead atoms. The molecule has 0 fully saturated rings. The molecule has 5 aromatic carbocycles. The molecular formula is C37H30N4. The number of rotatable bonds is 7. The molecular weight excluding hydrogens is 500 g/mol. The van der Waals surface area contributed by atoms with Gasteiger partial charge < -0.3 is 16.0 Å². The van der Waals surface area contributed by atoms with Crippen LogP contribution in [0.25, 0.3) is 54.6 Å². The second-order valence-corrected chi connectivity index (χ2v) is 9.95. The van der Waals surface area contributed by atoms with Crippen molar-refractivity contribution in [1.82, 2.24) is 4.57 Å². The van der Waals surface area contributed by atoms with E-state index in [4.69, 9.17) is 11.5 Å². The molecule has 0 atom stereocenters. The Labute approximate surface area is 239 Å². The molecule has 0 amide bonds. The Hall–Kier alpha value is -5.53. The van der Waals surface area contributed by atoms with Crippen LogP contribution in [0.2, 0.25) is 0 Å². The fraction of sp³-hybridized carbons (Fsp3) is 0.0541. The van der Waals surface area contributed by atoms with Crippen LogP contribution in [0.1, 0.15) is 18.4 Å². The fourth-order valence-electron chi connectivity index (χ4n) is 5.77. The lowest BCUT2D eigenvalue weighted by Gasteiger charge is -2.12. The Bertz CT molecular complexity index is 2070. The summed E-state index contributed by atoms with van der Waals surface area (Å²) in [4.78, 5) is 0. The molecule has 0 unspecified atom stereocenters. The normalized spacial score (nSPS) is 12.9. The van der Waals surface area contributed by atoms with Gasteiger partial charge in [-0.3, -0.25) is 0 Å². The smallest absolute Gasteiger partial charge is 0.0988 e. The number of benzene rings is 5. The van der Waals surface area contributed by atoms with Crippen LogP contribution in [0.15, 0.2) is 139 Å². The second kappa shape index (κ2) is 11.3. The molecule has 4 N–H and O–H groups in total. The zero-order valence-corrected chi connectivity index (χ0v) is 22.7. The van der Waals surface area contributed by atoms with Gasteiger partial charge in [0, 0.05) is 28.2 Å². The molecule has 0 aliphatic carbocycles. The number of nitrogens with two attached hydrogens (primary N) is 2. The highest BCUT2D eigenvalue weighted by Gasteiger charge is 2.19. The Balaban J connectivity index is 1.59. The Kier molecular flexibility index (Phi) is 7.09. The molecule has 4 nitrogen and oxygen atoms in total. The molecule has 6 aromatic rings. The summed E-state index contributed by atoms with van der Waals surface area (Å²) >= 11 is 0. The Morgan fingerprint density at radius 1 is 0.732 bits per heavy atom. The van der Waals surface area contributed by atoms with E-state index in [0.717, 1.165) is 40.6 Å². The van der Waals surface area contributed by atoms with Gasteiger partial charge >= 0.3 is 0 Å². The number of nitrogens with zero attached hydrogens (tertiary/aromatic N) is 2. The SMILES string of the molecule is N#CC(/C=C\N)=C/CC/C=C\C(=C/N)c1cc2c(c3ccccc13)c1c3ccccc3ccc1n2-c1ccccc1. The Morgan fingerprint density at radius 2 is 1.44 bits per heavy atom. The lowest BCUT2D eigenvalue weighted by atomic mass is 9.93. The zero-order valence-electron chi connectivity index (χ0n) is 22.7. The molecule has 0 aliphatic rings. The van der Waals surface area contributed by atoms with Gasteiger partial charge in [-0.15, -0.1) is 0 Å². The summed E-state index contributed by atoms with van der Waals surface area (Å²) < 4.78 is 2.37. The molecule has 0 saturated carbocycles. The monoisotopic (exact) mass is 530 g/mol. The van der Waals surface area contributed by atoms with E-state index in [0.29, 0.717) is 5.57 Å². The summed E-state index contributed by atoms with van der Waals surface area (Å²) in [6, 6.07) is 36.6. The van der Waals surface area contributed by atoms with E-state index in [9.17, 15) is 5.26 Å². The minimum atomic E-state index is 0.563. The molecule has 0 radical (unpaired) electrons. The maximum absolute atomic E-state index is 9.22. The molecule has 6 rings (SSSR count). The van der Waals surface area contributed by atoms with Gasteiger partial charge in [0.2, 0.25) is 0 Å². The van der Waals surface area contributed by atoms with Crippen LogP contribution < -0.4 is 11.5 Å². The van der Waals surface area contributed by atoms with E-state index in [1.54, 1.807) is 12.3 Å². The summed E-state index contributed by atoms with van der Waals surface area (Å²) in [5.74, 6) is 0. The third kappa shape index (κ3) is 4.64. The van der Waals surface area contributed by atoms with Crippen molar-refractivity contribution in [3.63, 3.8) is 0 Å². The first-order valence-electron chi connectivity index (χ1n) is 13.8. The average molecular weight is 531 g/mol. The predicted molar refractivity (Wildman–Crippen MR) is 173 cm³/mol. The van der Waals surface area contributed by atoms with Crippen LogP contribution in [0.4, 0.5) is 0 Å². The van der Waals surface area contributed by atoms with E-state index in [-0.39, 0.29) is 0 Å². The fourth-order valence-corrected chi connectivity index (χ4v) is 5.77. The number of aromatic nitrogens is 1. The van der Waals surface area contributed by atoms with E-state index < -0.39 is 0 Å².